The minimum atomic E-state index is -0.129. The zero-order valence-electron chi connectivity index (χ0n) is 15.8. The molecule has 1 aromatic carbocycles. The molecule has 4 rings (SSSR count). The van der Waals surface area contributed by atoms with Gasteiger partial charge in [-0.05, 0) is 43.9 Å². The Morgan fingerprint density at radius 2 is 1.96 bits per heavy atom. The normalized spacial score (nSPS) is 22.7. The highest BCUT2D eigenvalue weighted by Crippen LogP contribution is 2.34. The van der Waals surface area contributed by atoms with Gasteiger partial charge in [-0.1, -0.05) is 36.4 Å². The molecule has 3 atom stereocenters. The first-order valence-corrected chi connectivity index (χ1v) is 9.50. The van der Waals surface area contributed by atoms with E-state index in [0.717, 1.165) is 36.3 Å². The quantitative estimate of drug-likeness (QED) is 0.770. The number of nitrogens with one attached hydrogen (secondary N) is 1. The minimum Gasteiger partial charge on any atom is -0.368 e. The zero-order chi connectivity index (χ0) is 18.8. The summed E-state index contributed by atoms with van der Waals surface area (Å²) < 4.78 is 8.57. The number of ether oxygens (including phenoxy) is 1. The number of carbonyl (C=O) groups is 1. The number of hydrogen-bond donors (Lipinski definition) is 1. The lowest BCUT2D eigenvalue weighted by atomic mass is 9.93. The highest BCUT2D eigenvalue weighted by Gasteiger charge is 2.33. The molecule has 5 nitrogen and oxygen atoms in total. The Labute approximate surface area is 159 Å². The smallest absolute Gasteiger partial charge is 0.217 e. The van der Waals surface area contributed by atoms with Crippen LogP contribution in [0.5, 0.6) is 0 Å². The molecule has 3 aromatic rings. The number of aromatic nitrogens is 2. The second kappa shape index (κ2) is 7.53. The molecule has 140 valence electrons. The van der Waals surface area contributed by atoms with E-state index in [-0.39, 0.29) is 24.2 Å². The van der Waals surface area contributed by atoms with Crippen LogP contribution in [0.4, 0.5) is 0 Å². The molecular weight excluding hydrogens is 338 g/mol. The van der Waals surface area contributed by atoms with Gasteiger partial charge in [0.15, 0.2) is 0 Å². The van der Waals surface area contributed by atoms with Crippen molar-refractivity contribution in [1.82, 2.24) is 14.7 Å². The number of amides is 1. The topological polar surface area (TPSA) is 55.6 Å². The van der Waals surface area contributed by atoms with Gasteiger partial charge in [-0.2, -0.15) is 0 Å². The van der Waals surface area contributed by atoms with Crippen molar-refractivity contribution >= 4 is 11.4 Å². The van der Waals surface area contributed by atoms with Gasteiger partial charge < -0.3 is 14.5 Å². The molecule has 5 heteroatoms. The fourth-order valence-corrected chi connectivity index (χ4v) is 4.06. The maximum atomic E-state index is 11.7. The van der Waals surface area contributed by atoms with Crippen molar-refractivity contribution in [2.45, 2.75) is 51.4 Å². The average molecular weight is 363 g/mol. The number of imidazole rings is 1. The molecule has 0 radical (unpaired) electrons. The lowest BCUT2D eigenvalue weighted by molar-refractivity contribution is -0.122. The molecule has 27 heavy (non-hydrogen) atoms. The van der Waals surface area contributed by atoms with Gasteiger partial charge in [0.1, 0.15) is 11.9 Å². The maximum Gasteiger partial charge on any atom is 0.217 e. The number of fused-ring (bicyclic) bond motifs is 1. The summed E-state index contributed by atoms with van der Waals surface area (Å²) in [5.74, 6) is 0.954. The minimum absolute atomic E-state index is 0.00462. The van der Waals surface area contributed by atoms with Gasteiger partial charge in [0.2, 0.25) is 5.91 Å². The second-order valence-electron chi connectivity index (χ2n) is 7.31. The Kier molecular flexibility index (Phi) is 4.94. The Morgan fingerprint density at radius 1 is 1.19 bits per heavy atom. The van der Waals surface area contributed by atoms with E-state index in [0.29, 0.717) is 0 Å². The van der Waals surface area contributed by atoms with Crippen LogP contribution >= 0.6 is 0 Å². The Hall–Kier alpha value is -2.66. The summed E-state index contributed by atoms with van der Waals surface area (Å²) >= 11 is 0. The van der Waals surface area contributed by atoms with Crippen molar-refractivity contribution in [2.75, 3.05) is 0 Å². The summed E-state index contributed by atoms with van der Waals surface area (Å²) in [4.78, 5) is 16.5. The first-order valence-electron chi connectivity index (χ1n) is 9.50. The molecule has 1 N–H and O–H groups in total. The van der Waals surface area contributed by atoms with Crippen LogP contribution in [0.1, 0.15) is 43.0 Å². The standard InChI is InChI=1S/C22H25N3O2/c1-15-23-22(20-10-6-7-11-25(15)20)21-14-18(24-16(2)26)13-19(27-21)12-17-8-4-3-5-9-17/h3-11,18-19,21H,12-14H2,1-2H3,(H,24,26)/t18-,19+,21+/m1/s1. The van der Waals surface area contributed by atoms with Crippen LogP contribution in [0.2, 0.25) is 0 Å². The number of benzene rings is 1. The summed E-state index contributed by atoms with van der Waals surface area (Å²) in [6.45, 7) is 3.58. The van der Waals surface area contributed by atoms with Crippen molar-refractivity contribution in [3.63, 3.8) is 0 Å². The second-order valence-corrected chi connectivity index (χ2v) is 7.31. The number of carbonyl (C=O) groups excluding carboxylic acids is 1. The molecule has 0 saturated carbocycles. The van der Waals surface area contributed by atoms with E-state index in [2.05, 4.69) is 27.9 Å². The predicted molar refractivity (Wildman–Crippen MR) is 105 cm³/mol. The molecule has 1 amide bonds. The van der Waals surface area contributed by atoms with Crippen LogP contribution in [-0.2, 0) is 16.0 Å². The lowest BCUT2D eigenvalue weighted by Crippen LogP contribution is -2.43. The number of aryl methyl sites for hydroxylation is 1. The first kappa shape index (κ1) is 17.7. The van der Waals surface area contributed by atoms with E-state index in [9.17, 15) is 4.79 Å². The fraction of sp³-hybridized carbons (Fsp3) is 0.364. The van der Waals surface area contributed by atoms with Crippen molar-refractivity contribution in [3.8, 4) is 0 Å². The Balaban J connectivity index is 1.63. The van der Waals surface area contributed by atoms with E-state index in [1.54, 1.807) is 6.92 Å². The van der Waals surface area contributed by atoms with Crippen molar-refractivity contribution in [1.29, 1.82) is 0 Å². The van der Waals surface area contributed by atoms with Crippen LogP contribution in [-0.4, -0.2) is 27.4 Å². The highest BCUT2D eigenvalue weighted by molar-refractivity contribution is 5.73. The van der Waals surface area contributed by atoms with Gasteiger partial charge in [0.25, 0.3) is 0 Å². The van der Waals surface area contributed by atoms with Crippen molar-refractivity contribution in [3.05, 3.63) is 71.8 Å². The Morgan fingerprint density at radius 3 is 2.74 bits per heavy atom. The third-order valence-corrected chi connectivity index (χ3v) is 5.17. The van der Waals surface area contributed by atoms with Gasteiger partial charge >= 0.3 is 0 Å². The summed E-state index contributed by atoms with van der Waals surface area (Å²) in [5, 5.41) is 3.10. The third kappa shape index (κ3) is 3.88. The van der Waals surface area contributed by atoms with Gasteiger partial charge in [-0.3, -0.25) is 4.79 Å². The molecule has 1 saturated heterocycles. The molecule has 3 heterocycles. The van der Waals surface area contributed by atoms with Crippen LogP contribution < -0.4 is 5.32 Å². The van der Waals surface area contributed by atoms with Gasteiger partial charge in [-0.15, -0.1) is 0 Å². The predicted octanol–water partition coefficient (Wildman–Crippen LogP) is 3.61. The monoisotopic (exact) mass is 363 g/mol. The molecule has 0 spiro atoms. The van der Waals surface area contributed by atoms with E-state index < -0.39 is 0 Å². The largest absolute Gasteiger partial charge is 0.368 e. The van der Waals surface area contributed by atoms with Crippen LogP contribution in [0.25, 0.3) is 5.52 Å². The highest BCUT2D eigenvalue weighted by atomic mass is 16.5. The molecule has 1 aliphatic heterocycles. The van der Waals surface area contributed by atoms with Gasteiger partial charge in [0.05, 0.1) is 17.3 Å². The van der Waals surface area contributed by atoms with Crippen LogP contribution in [0, 0.1) is 6.92 Å². The van der Waals surface area contributed by atoms with E-state index in [4.69, 9.17) is 9.72 Å². The van der Waals surface area contributed by atoms with E-state index >= 15 is 0 Å². The zero-order valence-corrected chi connectivity index (χ0v) is 15.8. The molecule has 0 bridgehead atoms. The van der Waals surface area contributed by atoms with Crippen molar-refractivity contribution in [2.24, 2.45) is 0 Å². The fourth-order valence-electron chi connectivity index (χ4n) is 4.06. The Bertz CT molecular complexity index is 935. The van der Waals surface area contributed by atoms with E-state index in [1.165, 1.54) is 5.56 Å². The maximum absolute atomic E-state index is 11.7. The molecule has 1 fully saturated rings. The lowest BCUT2D eigenvalue weighted by Gasteiger charge is -2.35. The number of nitrogens with zero attached hydrogens (tertiary/aromatic N) is 2. The van der Waals surface area contributed by atoms with Gasteiger partial charge in [-0.25, -0.2) is 4.98 Å². The van der Waals surface area contributed by atoms with Gasteiger partial charge in [0, 0.05) is 19.2 Å². The average Bonchev–Trinajstić information content (AvgIpc) is 2.99. The van der Waals surface area contributed by atoms with Crippen LogP contribution in [0.3, 0.4) is 0 Å². The molecule has 0 unspecified atom stereocenters. The van der Waals surface area contributed by atoms with Crippen LogP contribution in [0.15, 0.2) is 54.7 Å². The molecular formula is C22H25N3O2. The van der Waals surface area contributed by atoms with E-state index in [1.807, 2.05) is 43.5 Å². The molecule has 2 aromatic heterocycles. The third-order valence-electron chi connectivity index (χ3n) is 5.17. The SMILES string of the molecule is CC(=O)N[C@@H]1C[C@H](Cc2ccccc2)O[C@H](c2nc(C)n3ccccc23)C1. The first-order chi connectivity index (χ1) is 13.1. The summed E-state index contributed by atoms with van der Waals surface area (Å²) in [7, 11) is 0. The molecule has 0 aliphatic carbocycles. The number of hydrogen-bond acceptors (Lipinski definition) is 3. The number of pyridine rings is 1. The van der Waals surface area contributed by atoms with Crippen molar-refractivity contribution < 1.29 is 9.53 Å². The summed E-state index contributed by atoms with van der Waals surface area (Å²) in [6.07, 6.45) is 4.33. The number of rotatable bonds is 4. The molecule has 1 aliphatic rings. The summed E-state index contributed by atoms with van der Waals surface area (Å²) in [5.41, 5.74) is 3.28. The summed E-state index contributed by atoms with van der Waals surface area (Å²) in [6, 6.07) is 16.6.